The van der Waals surface area contributed by atoms with Crippen LogP contribution in [0.1, 0.15) is 25.7 Å². The van der Waals surface area contributed by atoms with Crippen molar-refractivity contribution < 1.29 is 19.9 Å². The number of hydrogen-bond donors (Lipinski definition) is 4. The topological polar surface area (TPSA) is 89.8 Å². The van der Waals surface area contributed by atoms with Crippen LogP contribution in [-0.2, 0) is 4.79 Å². The Balaban J connectivity index is 2.38. The minimum atomic E-state index is -1.28. The molecule has 0 aromatic heterocycles. The van der Waals surface area contributed by atoms with Crippen molar-refractivity contribution >= 4 is 35.7 Å². The molecule has 1 fully saturated rings. The van der Waals surface area contributed by atoms with Gasteiger partial charge in [0, 0.05) is 10.5 Å². The maximum Gasteiger partial charge on any atom is 0.451 e. The summed E-state index contributed by atoms with van der Waals surface area (Å²) in [5.74, 6) is -0.795. The molecule has 1 aliphatic rings. The Hall–Kier alpha value is 0.145. The highest BCUT2D eigenvalue weighted by molar-refractivity contribution is 14.1. The van der Waals surface area contributed by atoms with E-state index in [-0.39, 0.29) is 0 Å². The van der Waals surface area contributed by atoms with Gasteiger partial charge in [-0.2, -0.15) is 0 Å². The average molecular weight is 341 g/mol. The molecule has 0 amide bonds. The Labute approximate surface area is 109 Å². The minimum Gasteiger partial charge on any atom is -0.480 e. The number of carbonyl (C=O) groups is 1. The number of alkyl halides is 1. The second-order valence-electron chi connectivity index (χ2n) is 4.30. The zero-order valence-corrected chi connectivity index (χ0v) is 11.2. The molecule has 1 aliphatic heterocycles. The van der Waals surface area contributed by atoms with Crippen molar-refractivity contribution in [2.24, 2.45) is 0 Å². The Morgan fingerprint density at radius 1 is 1.50 bits per heavy atom. The molecule has 1 rings (SSSR count). The number of carboxylic acids is 1. The molecule has 0 saturated carbocycles. The van der Waals surface area contributed by atoms with E-state index in [0.29, 0.717) is 35.9 Å². The van der Waals surface area contributed by atoms with Gasteiger partial charge < -0.3 is 20.5 Å². The third-order valence-corrected chi connectivity index (χ3v) is 3.84. The molecule has 0 unspecified atom stereocenters. The highest BCUT2D eigenvalue weighted by Crippen LogP contribution is 2.30. The highest BCUT2D eigenvalue weighted by Gasteiger charge is 2.43. The zero-order chi connectivity index (χ0) is 12.2. The number of rotatable bonds is 6. The molecule has 0 bridgehead atoms. The Morgan fingerprint density at radius 3 is 2.62 bits per heavy atom. The van der Waals surface area contributed by atoms with Gasteiger partial charge in [-0.1, -0.05) is 35.4 Å². The van der Waals surface area contributed by atoms with E-state index in [9.17, 15) is 9.90 Å². The van der Waals surface area contributed by atoms with E-state index in [4.69, 9.17) is 10.0 Å². The molecule has 7 heteroatoms. The first-order valence-corrected chi connectivity index (χ1v) is 6.69. The smallest absolute Gasteiger partial charge is 0.451 e. The van der Waals surface area contributed by atoms with Crippen molar-refractivity contribution in [2.45, 2.75) is 41.5 Å². The number of halogens is 1. The van der Waals surface area contributed by atoms with E-state index in [1.807, 2.05) is 0 Å². The summed E-state index contributed by atoms with van der Waals surface area (Å²) in [4.78, 5) is 11.2. The summed E-state index contributed by atoms with van der Waals surface area (Å²) in [5.41, 5.74) is -0.799. The van der Waals surface area contributed by atoms with Gasteiger partial charge in [-0.15, -0.1) is 0 Å². The van der Waals surface area contributed by atoms with Crippen LogP contribution in [0.25, 0.3) is 0 Å². The van der Waals surface area contributed by atoms with Crippen molar-refractivity contribution in [3.05, 3.63) is 0 Å². The van der Waals surface area contributed by atoms with Crippen LogP contribution < -0.4 is 5.32 Å². The summed E-state index contributed by atoms with van der Waals surface area (Å²) >= 11 is 2.26. The summed E-state index contributed by atoms with van der Waals surface area (Å²) < 4.78 is 0.358. The lowest BCUT2D eigenvalue weighted by Gasteiger charge is -2.24. The van der Waals surface area contributed by atoms with E-state index in [1.165, 1.54) is 0 Å². The third-order valence-electron chi connectivity index (χ3n) is 2.96. The summed E-state index contributed by atoms with van der Waals surface area (Å²) in [7, 11) is -1.28. The molecular formula is C9H17BINO4. The van der Waals surface area contributed by atoms with Crippen LogP contribution in [0.2, 0.25) is 6.32 Å². The first-order chi connectivity index (χ1) is 7.46. The Morgan fingerprint density at radius 2 is 2.19 bits per heavy atom. The number of carboxylic acid groups (broad SMARTS) is 1. The quantitative estimate of drug-likeness (QED) is 0.241. The van der Waals surface area contributed by atoms with Gasteiger partial charge in [-0.3, -0.25) is 4.79 Å². The molecule has 0 aromatic carbocycles. The van der Waals surface area contributed by atoms with Crippen molar-refractivity contribution in [3.8, 4) is 0 Å². The van der Waals surface area contributed by atoms with Gasteiger partial charge in [0.1, 0.15) is 5.54 Å². The van der Waals surface area contributed by atoms with Gasteiger partial charge in [-0.05, 0) is 19.2 Å². The number of unbranched alkanes of at least 4 members (excludes halogenated alkanes) is 1. The molecule has 0 radical (unpaired) electrons. The van der Waals surface area contributed by atoms with Crippen LogP contribution in [0.5, 0.6) is 0 Å². The predicted octanol–water partition coefficient (Wildman–Crippen LogP) is 0.250. The second-order valence-corrected chi connectivity index (χ2v) is 6.06. The monoisotopic (exact) mass is 341 g/mol. The van der Waals surface area contributed by atoms with E-state index < -0.39 is 18.6 Å². The van der Waals surface area contributed by atoms with E-state index in [0.717, 1.165) is 6.54 Å². The fraction of sp³-hybridized carbons (Fsp3) is 0.889. The lowest BCUT2D eigenvalue weighted by Crippen LogP contribution is -2.47. The van der Waals surface area contributed by atoms with Crippen LogP contribution in [0.15, 0.2) is 0 Å². The average Bonchev–Trinajstić information content (AvgIpc) is 2.56. The Kier molecular flexibility index (Phi) is 5.49. The fourth-order valence-electron chi connectivity index (χ4n) is 2.04. The van der Waals surface area contributed by atoms with Gasteiger partial charge >= 0.3 is 13.1 Å². The molecule has 1 saturated heterocycles. The lowest BCUT2D eigenvalue weighted by molar-refractivity contribution is -0.144. The van der Waals surface area contributed by atoms with Crippen LogP contribution in [0.3, 0.4) is 0 Å². The summed E-state index contributed by atoms with van der Waals surface area (Å²) in [6.45, 7) is 0.732. The van der Waals surface area contributed by atoms with Crippen molar-refractivity contribution in [1.82, 2.24) is 5.32 Å². The lowest BCUT2D eigenvalue weighted by atomic mass is 9.81. The van der Waals surface area contributed by atoms with Crippen molar-refractivity contribution in [1.29, 1.82) is 0 Å². The van der Waals surface area contributed by atoms with E-state index in [1.54, 1.807) is 0 Å². The molecule has 4 N–H and O–H groups in total. The minimum absolute atomic E-state index is 0.309. The van der Waals surface area contributed by atoms with Gasteiger partial charge in [0.05, 0.1) is 0 Å². The molecule has 5 nitrogen and oxygen atoms in total. The highest BCUT2D eigenvalue weighted by atomic mass is 127. The first kappa shape index (κ1) is 14.2. The summed E-state index contributed by atoms with van der Waals surface area (Å²) in [5, 5.41) is 29.7. The number of nitrogens with one attached hydrogen (secondary N) is 1. The normalized spacial score (nSPS) is 29.3. The predicted molar refractivity (Wildman–Crippen MR) is 69.6 cm³/mol. The molecule has 2 atom stereocenters. The third kappa shape index (κ3) is 3.87. The van der Waals surface area contributed by atoms with Crippen LogP contribution in [0, 0.1) is 0 Å². The Bertz CT molecular complexity index is 254. The number of aliphatic carboxylic acids is 1. The molecular weight excluding hydrogens is 324 g/mol. The van der Waals surface area contributed by atoms with Gasteiger partial charge in [0.25, 0.3) is 0 Å². The maximum absolute atomic E-state index is 11.2. The van der Waals surface area contributed by atoms with Crippen LogP contribution >= 0.6 is 22.6 Å². The molecule has 0 spiro atoms. The molecule has 16 heavy (non-hydrogen) atoms. The van der Waals surface area contributed by atoms with Crippen LogP contribution in [-0.4, -0.2) is 44.3 Å². The summed E-state index contributed by atoms with van der Waals surface area (Å²) in [6, 6.07) is 0. The van der Waals surface area contributed by atoms with Gasteiger partial charge in [0.15, 0.2) is 0 Å². The standard InChI is InChI=1S/C9H17BINO4/c11-7-5-9(8(13)14,12-6-7)3-1-2-4-10(15)16/h7,12,15-16H,1-6H2,(H,13,14)/t7-,9-/m1/s1. The molecule has 0 aliphatic carbocycles. The zero-order valence-electron chi connectivity index (χ0n) is 9.03. The maximum atomic E-state index is 11.2. The first-order valence-electron chi connectivity index (χ1n) is 5.45. The van der Waals surface area contributed by atoms with Crippen LogP contribution in [0.4, 0.5) is 0 Å². The van der Waals surface area contributed by atoms with E-state index >= 15 is 0 Å². The van der Waals surface area contributed by atoms with Gasteiger partial charge in [0.2, 0.25) is 0 Å². The number of hydrogen-bond acceptors (Lipinski definition) is 4. The summed E-state index contributed by atoms with van der Waals surface area (Å²) in [6.07, 6.45) is 2.84. The fourth-order valence-corrected chi connectivity index (χ4v) is 3.01. The van der Waals surface area contributed by atoms with Gasteiger partial charge in [-0.25, -0.2) is 0 Å². The molecule has 92 valence electrons. The van der Waals surface area contributed by atoms with Crippen molar-refractivity contribution in [3.63, 3.8) is 0 Å². The molecule has 1 heterocycles. The molecule has 0 aromatic rings. The van der Waals surface area contributed by atoms with E-state index in [2.05, 4.69) is 27.9 Å². The largest absolute Gasteiger partial charge is 0.480 e. The van der Waals surface area contributed by atoms with Crippen molar-refractivity contribution in [2.75, 3.05) is 6.54 Å². The second kappa shape index (κ2) is 6.18. The SMILES string of the molecule is O=C(O)[C@@]1(CCCCB(O)O)C[C@@H](I)CN1.